The van der Waals surface area contributed by atoms with E-state index in [9.17, 15) is 8.42 Å². The minimum absolute atomic E-state index is 0.126. The average Bonchev–Trinajstić information content (AvgIpc) is 2.37. The van der Waals surface area contributed by atoms with Crippen molar-refractivity contribution in [3.05, 3.63) is 28.7 Å². The van der Waals surface area contributed by atoms with E-state index in [1.54, 1.807) is 32.2 Å². The minimum Gasteiger partial charge on any atom is -0.382 e. The maximum Gasteiger partial charge on any atom is 0.241 e. The quantitative estimate of drug-likeness (QED) is 0.813. The molecular weight excluding hydrogens is 334 g/mol. The largest absolute Gasteiger partial charge is 0.382 e. The molecule has 0 radical (unpaired) electrons. The second-order valence-corrected chi connectivity index (χ2v) is 6.93. The molecule has 0 heterocycles. The summed E-state index contributed by atoms with van der Waals surface area (Å²) in [6.07, 6.45) is 0. The lowest BCUT2D eigenvalue weighted by molar-refractivity contribution is -0.0460. The molecule has 0 aliphatic heterocycles. The van der Waals surface area contributed by atoms with Crippen LogP contribution in [0.3, 0.4) is 0 Å². The highest BCUT2D eigenvalue weighted by molar-refractivity contribution is 9.10. The first-order valence-corrected chi connectivity index (χ1v) is 7.90. The van der Waals surface area contributed by atoms with Crippen LogP contribution in [0.15, 0.2) is 33.6 Å². The number of hydrogen-bond acceptors (Lipinski definition) is 4. The molecule has 1 aromatic rings. The zero-order valence-corrected chi connectivity index (χ0v) is 13.5. The van der Waals surface area contributed by atoms with Crippen molar-refractivity contribution >= 4 is 26.0 Å². The lowest BCUT2D eigenvalue weighted by Crippen LogP contribution is -2.45. The Morgan fingerprint density at radius 1 is 1.32 bits per heavy atom. The molecule has 1 unspecified atom stereocenters. The number of hydrogen-bond donors (Lipinski definition) is 1. The maximum absolute atomic E-state index is 12.2. The van der Waals surface area contributed by atoms with Gasteiger partial charge >= 0.3 is 0 Å². The van der Waals surface area contributed by atoms with Crippen LogP contribution in [0.4, 0.5) is 0 Å². The van der Waals surface area contributed by atoms with E-state index in [4.69, 9.17) is 9.47 Å². The third-order valence-electron chi connectivity index (χ3n) is 2.70. The standard InChI is InChI=1S/C12H18BrNO4S/c1-12(18-3,9-17-2)8-14-19(15,16)11-7-5-4-6-10(11)13/h4-7,14H,8-9H2,1-3H3. The van der Waals surface area contributed by atoms with Crippen molar-refractivity contribution in [3.63, 3.8) is 0 Å². The van der Waals surface area contributed by atoms with Crippen LogP contribution in [0.25, 0.3) is 0 Å². The summed E-state index contributed by atoms with van der Waals surface area (Å²) in [6, 6.07) is 6.64. The van der Waals surface area contributed by atoms with Gasteiger partial charge in [-0.15, -0.1) is 0 Å². The first-order chi connectivity index (χ1) is 8.84. The molecule has 0 spiro atoms. The highest BCUT2D eigenvalue weighted by Gasteiger charge is 2.27. The Hall–Kier alpha value is -0.470. The van der Waals surface area contributed by atoms with Crippen molar-refractivity contribution in [2.45, 2.75) is 17.4 Å². The fourth-order valence-corrected chi connectivity index (χ4v) is 3.63. The summed E-state index contributed by atoms with van der Waals surface area (Å²) in [5, 5.41) is 0. The van der Waals surface area contributed by atoms with Crippen LogP contribution in [-0.2, 0) is 19.5 Å². The van der Waals surface area contributed by atoms with Gasteiger partial charge in [-0.05, 0) is 35.0 Å². The van der Waals surface area contributed by atoms with Crippen LogP contribution in [0.1, 0.15) is 6.92 Å². The number of benzene rings is 1. The van der Waals surface area contributed by atoms with Gasteiger partial charge in [-0.3, -0.25) is 0 Å². The molecule has 108 valence electrons. The van der Waals surface area contributed by atoms with Crippen LogP contribution in [-0.4, -0.2) is 41.4 Å². The monoisotopic (exact) mass is 351 g/mol. The third-order valence-corrected chi connectivity index (χ3v) is 5.12. The minimum atomic E-state index is -3.58. The molecular formula is C12H18BrNO4S. The molecule has 0 fully saturated rings. The summed E-state index contributed by atoms with van der Waals surface area (Å²) >= 11 is 3.23. The zero-order chi connectivity index (χ0) is 14.5. The van der Waals surface area contributed by atoms with Crippen LogP contribution in [0.5, 0.6) is 0 Å². The molecule has 1 aromatic carbocycles. The van der Waals surface area contributed by atoms with Crippen molar-refractivity contribution in [1.29, 1.82) is 0 Å². The third kappa shape index (κ3) is 4.54. The molecule has 1 N–H and O–H groups in total. The SMILES string of the molecule is COCC(C)(CNS(=O)(=O)c1ccccc1Br)OC. The molecule has 1 atom stereocenters. The number of halogens is 1. The number of methoxy groups -OCH3 is 2. The van der Waals surface area contributed by atoms with Gasteiger partial charge in [0.2, 0.25) is 10.0 Å². The van der Waals surface area contributed by atoms with Crippen LogP contribution in [0, 0.1) is 0 Å². The Bertz CT molecular complexity index is 520. The number of nitrogens with one attached hydrogen (secondary N) is 1. The summed E-state index contributed by atoms with van der Waals surface area (Å²) in [5.41, 5.74) is -0.705. The maximum atomic E-state index is 12.2. The Morgan fingerprint density at radius 2 is 1.95 bits per heavy atom. The predicted molar refractivity (Wildman–Crippen MR) is 76.6 cm³/mol. The summed E-state index contributed by atoms with van der Waals surface area (Å²) < 4.78 is 37.7. The van der Waals surface area contributed by atoms with Gasteiger partial charge in [0.25, 0.3) is 0 Å². The second-order valence-electron chi connectivity index (χ2n) is 4.34. The highest BCUT2D eigenvalue weighted by atomic mass is 79.9. The molecule has 19 heavy (non-hydrogen) atoms. The second kappa shape index (κ2) is 6.81. The van der Waals surface area contributed by atoms with E-state index in [2.05, 4.69) is 20.7 Å². The van der Waals surface area contributed by atoms with Gasteiger partial charge in [0.1, 0.15) is 5.60 Å². The molecule has 0 saturated carbocycles. The van der Waals surface area contributed by atoms with Gasteiger partial charge in [0.05, 0.1) is 11.5 Å². The Kier molecular flexibility index (Phi) is 5.94. The van der Waals surface area contributed by atoms with E-state index < -0.39 is 15.6 Å². The average molecular weight is 352 g/mol. The molecule has 0 amide bonds. The molecule has 1 rings (SSSR count). The molecule has 0 aliphatic rings. The summed E-state index contributed by atoms with van der Waals surface area (Å²) in [7, 11) is -0.524. The normalized spacial score (nSPS) is 15.2. The van der Waals surface area contributed by atoms with Crippen molar-refractivity contribution in [3.8, 4) is 0 Å². The smallest absolute Gasteiger partial charge is 0.241 e. The number of rotatable bonds is 7. The van der Waals surface area contributed by atoms with Gasteiger partial charge in [0.15, 0.2) is 0 Å². The summed E-state index contributed by atoms with van der Waals surface area (Å²) in [5.74, 6) is 0. The van der Waals surface area contributed by atoms with E-state index >= 15 is 0 Å². The molecule has 0 saturated heterocycles. The Balaban J connectivity index is 2.84. The first-order valence-electron chi connectivity index (χ1n) is 5.63. The summed E-state index contributed by atoms with van der Waals surface area (Å²) in [4.78, 5) is 0.200. The highest BCUT2D eigenvalue weighted by Crippen LogP contribution is 2.21. The summed E-state index contributed by atoms with van der Waals surface area (Å²) in [6.45, 7) is 2.20. The van der Waals surface area contributed by atoms with E-state index in [1.807, 2.05) is 0 Å². The van der Waals surface area contributed by atoms with E-state index in [0.29, 0.717) is 11.1 Å². The zero-order valence-electron chi connectivity index (χ0n) is 11.1. The number of sulfonamides is 1. The van der Waals surface area contributed by atoms with Crippen LogP contribution < -0.4 is 4.72 Å². The van der Waals surface area contributed by atoms with Gasteiger partial charge in [-0.1, -0.05) is 12.1 Å². The van der Waals surface area contributed by atoms with Crippen molar-refractivity contribution in [2.24, 2.45) is 0 Å². The van der Waals surface area contributed by atoms with Gasteiger partial charge < -0.3 is 9.47 Å². The molecule has 0 bridgehead atoms. The lowest BCUT2D eigenvalue weighted by atomic mass is 10.1. The van der Waals surface area contributed by atoms with Crippen LogP contribution >= 0.6 is 15.9 Å². The predicted octanol–water partition coefficient (Wildman–Crippen LogP) is 1.78. The molecule has 0 aliphatic carbocycles. The van der Waals surface area contributed by atoms with Crippen molar-refractivity contribution < 1.29 is 17.9 Å². The van der Waals surface area contributed by atoms with E-state index in [-0.39, 0.29) is 11.4 Å². The molecule has 7 heteroatoms. The first kappa shape index (κ1) is 16.6. The lowest BCUT2D eigenvalue weighted by Gasteiger charge is -2.27. The molecule has 0 aromatic heterocycles. The van der Waals surface area contributed by atoms with Crippen molar-refractivity contribution in [2.75, 3.05) is 27.4 Å². The topological polar surface area (TPSA) is 64.6 Å². The van der Waals surface area contributed by atoms with E-state index in [0.717, 1.165) is 0 Å². The van der Waals surface area contributed by atoms with Crippen LogP contribution in [0.2, 0.25) is 0 Å². The van der Waals surface area contributed by atoms with Crippen molar-refractivity contribution in [1.82, 2.24) is 4.72 Å². The number of ether oxygens (including phenoxy) is 2. The Labute approximate surface area is 122 Å². The Morgan fingerprint density at radius 3 is 2.47 bits per heavy atom. The fraction of sp³-hybridized carbons (Fsp3) is 0.500. The van der Waals surface area contributed by atoms with Gasteiger partial charge in [-0.25, -0.2) is 13.1 Å². The van der Waals surface area contributed by atoms with Gasteiger partial charge in [0, 0.05) is 25.2 Å². The fourth-order valence-electron chi connectivity index (χ4n) is 1.48. The van der Waals surface area contributed by atoms with Gasteiger partial charge in [-0.2, -0.15) is 0 Å². The van der Waals surface area contributed by atoms with E-state index in [1.165, 1.54) is 13.2 Å². The molecule has 5 nitrogen and oxygen atoms in total.